The first-order valence-electron chi connectivity index (χ1n) is 3.51. The van der Waals surface area contributed by atoms with Gasteiger partial charge in [-0.15, -0.1) is 0 Å². The van der Waals surface area contributed by atoms with Crippen LogP contribution in [0.1, 0.15) is 18.7 Å². The predicted octanol–water partition coefficient (Wildman–Crippen LogP) is -0.486. The van der Waals surface area contributed by atoms with Crippen LogP contribution < -0.4 is 17.1 Å². The molecule has 1 heterocycles. The zero-order valence-electron chi connectivity index (χ0n) is 7.29. The summed E-state index contributed by atoms with van der Waals surface area (Å²) in [6, 6.07) is 0. The molecule has 0 aliphatic heterocycles. The van der Waals surface area contributed by atoms with Gasteiger partial charge in [0.15, 0.2) is 0 Å². The van der Waals surface area contributed by atoms with E-state index in [1.807, 2.05) is 0 Å². The van der Waals surface area contributed by atoms with E-state index in [0.717, 1.165) is 9.24 Å². The molecule has 5 nitrogen and oxygen atoms in total. The molecule has 0 spiro atoms. The van der Waals surface area contributed by atoms with Crippen LogP contribution >= 0.6 is 0 Å². The van der Waals surface area contributed by atoms with Gasteiger partial charge in [0, 0.05) is 12.6 Å². The van der Waals surface area contributed by atoms with Crippen molar-refractivity contribution in [3.05, 3.63) is 32.1 Å². The van der Waals surface area contributed by atoms with Crippen molar-refractivity contribution >= 4 is 0 Å². The molecule has 5 heteroatoms. The lowest BCUT2D eigenvalue weighted by Crippen LogP contribution is -2.43. The van der Waals surface area contributed by atoms with Gasteiger partial charge in [-0.1, -0.05) is 7.43 Å². The van der Waals surface area contributed by atoms with Crippen LogP contribution in [0.4, 0.5) is 0 Å². The van der Waals surface area contributed by atoms with Crippen molar-refractivity contribution in [2.45, 2.75) is 21.3 Å². The van der Waals surface area contributed by atoms with Crippen molar-refractivity contribution in [3.63, 3.8) is 0 Å². The first-order chi connectivity index (χ1) is 5.46. The summed E-state index contributed by atoms with van der Waals surface area (Å²) in [7, 11) is 1.40. The molecule has 0 radical (unpaired) electrons. The number of nitrogen functional groups attached to an aromatic ring is 1. The SMILES string of the molecule is C.Cc1c(C)n(N)c(=O)n(C)c1=O. The fourth-order valence-electron chi connectivity index (χ4n) is 0.979. The van der Waals surface area contributed by atoms with Crippen LogP contribution in [0.3, 0.4) is 0 Å². The molecule has 1 aromatic heterocycles. The summed E-state index contributed by atoms with van der Waals surface area (Å²) in [5.74, 6) is 5.40. The Labute approximate surface area is 76.4 Å². The van der Waals surface area contributed by atoms with Crippen LogP contribution in [-0.4, -0.2) is 9.24 Å². The molecule has 0 saturated carbocycles. The highest BCUT2D eigenvalue weighted by Gasteiger charge is 2.07. The fraction of sp³-hybridized carbons (Fsp3) is 0.500. The summed E-state index contributed by atoms with van der Waals surface area (Å²) >= 11 is 0. The Balaban J connectivity index is 0.00000144. The summed E-state index contributed by atoms with van der Waals surface area (Å²) in [5, 5.41) is 0. The third-order valence-corrected chi connectivity index (χ3v) is 2.02. The second-order valence-electron chi connectivity index (χ2n) is 2.73. The van der Waals surface area contributed by atoms with Gasteiger partial charge in [-0.05, 0) is 13.8 Å². The third kappa shape index (κ3) is 1.49. The van der Waals surface area contributed by atoms with Crippen LogP contribution in [0.15, 0.2) is 9.59 Å². The van der Waals surface area contributed by atoms with Gasteiger partial charge in [0.25, 0.3) is 5.56 Å². The van der Waals surface area contributed by atoms with Crippen molar-refractivity contribution in [1.82, 2.24) is 9.24 Å². The van der Waals surface area contributed by atoms with Crippen LogP contribution in [0, 0.1) is 13.8 Å². The standard InChI is InChI=1S/C7H11N3O2.CH4/c1-4-5(2)10(8)7(12)9(3)6(4)11;/h8H2,1-3H3;1H4. The molecule has 13 heavy (non-hydrogen) atoms. The molecule has 0 aliphatic carbocycles. The second-order valence-corrected chi connectivity index (χ2v) is 2.73. The van der Waals surface area contributed by atoms with Crippen LogP contribution in [0.5, 0.6) is 0 Å². The van der Waals surface area contributed by atoms with Gasteiger partial charge in [-0.3, -0.25) is 9.36 Å². The average Bonchev–Trinajstić information content (AvgIpc) is 2.08. The van der Waals surface area contributed by atoms with Gasteiger partial charge in [-0.25, -0.2) is 9.47 Å². The van der Waals surface area contributed by atoms with E-state index in [9.17, 15) is 9.59 Å². The van der Waals surface area contributed by atoms with Crippen LogP contribution in [0.25, 0.3) is 0 Å². The smallest absolute Gasteiger partial charge is 0.335 e. The number of rotatable bonds is 0. The molecule has 0 bridgehead atoms. The summed E-state index contributed by atoms with van der Waals surface area (Å²) in [5.41, 5.74) is 0.213. The summed E-state index contributed by atoms with van der Waals surface area (Å²) in [4.78, 5) is 22.4. The van der Waals surface area contributed by atoms with E-state index in [0.29, 0.717) is 11.3 Å². The zero-order chi connectivity index (χ0) is 9.46. The van der Waals surface area contributed by atoms with Crippen LogP contribution in [0.2, 0.25) is 0 Å². The maximum atomic E-state index is 11.3. The number of nitrogens with two attached hydrogens (primary N) is 1. The molecule has 74 valence electrons. The van der Waals surface area contributed by atoms with Gasteiger partial charge in [-0.2, -0.15) is 0 Å². The van der Waals surface area contributed by atoms with Gasteiger partial charge >= 0.3 is 5.69 Å². The van der Waals surface area contributed by atoms with Crippen molar-refractivity contribution in [2.24, 2.45) is 7.05 Å². The Bertz CT molecular complexity index is 391. The predicted molar refractivity (Wildman–Crippen MR) is 52.3 cm³/mol. The lowest BCUT2D eigenvalue weighted by molar-refractivity contribution is 0.684. The van der Waals surface area contributed by atoms with Gasteiger partial charge in [0.2, 0.25) is 0 Å². The minimum Gasteiger partial charge on any atom is -0.335 e. The van der Waals surface area contributed by atoms with Crippen molar-refractivity contribution < 1.29 is 0 Å². The van der Waals surface area contributed by atoms with E-state index in [4.69, 9.17) is 5.84 Å². The molecular weight excluding hydrogens is 170 g/mol. The molecule has 2 N–H and O–H groups in total. The van der Waals surface area contributed by atoms with Crippen molar-refractivity contribution in [2.75, 3.05) is 5.84 Å². The topological polar surface area (TPSA) is 70.0 Å². The lowest BCUT2D eigenvalue weighted by atomic mass is 10.3. The van der Waals surface area contributed by atoms with Crippen molar-refractivity contribution in [1.29, 1.82) is 0 Å². The molecule has 0 aliphatic rings. The quantitative estimate of drug-likeness (QED) is 0.555. The number of aromatic nitrogens is 2. The minimum atomic E-state index is -0.497. The Hall–Kier alpha value is -1.52. The highest BCUT2D eigenvalue weighted by Crippen LogP contribution is 1.92. The highest BCUT2D eigenvalue weighted by atomic mass is 16.2. The zero-order valence-corrected chi connectivity index (χ0v) is 7.29. The first-order valence-corrected chi connectivity index (χ1v) is 3.51. The number of nitrogens with zero attached hydrogens (tertiary/aromatic N) is 2. The summed E-state index contributed by atoms with van der Waals surface area (Å²) < 4.78 is 1.96. The Morgan fingerprint density at radius 3 is 2.15 bits per heavy atom. The number of hydrogen-bond donors (Lipinski definition) is 1. The van der Waals surface area contributed by atoms with Gasteiger partial charge in [0.05, 0.1) is 5.69 Å². The van der Waals surface area contributed by atoms with E-state index < -0.39 is 5.69 Å². The Morgan fingerprint density at radius 1 is 1.23 bits per heavy atom. The van der Waals surface area contributed by atoms with Gasteiger partial charge in [0.1, 0.15) is 0 Å². The van der Waals surface area contributed by atoms with E-state index in [-0.39, 0.29) is 13.0 Å². The largest absolute Gasteiger partial charge is 0.349 e. The van der Waals surface area contributed by atoms with E-state index in [1.165, 1.54) is 7.05 Å². The molecule has 1 rings (SSSR count). The minimum absolute atomic E-state index is 0. The summed E-state index contributed by atoms with van der Waals surface area (Å²) in [6.45, 7) is 3.28. The first kappa shape index (κ1) is 11.5. The molecule has 0 atom stereocenters. The highest BCUT2D eigenvalue weighted by molar-refractivity contribution is 5.14. The van der Waals surface area contributed by atoms with Crippen LogP contribution in [-0.2, 0) is 7.05 Å². The molecule has 0 saturated heterocycles. The molecule has 0 unspecified atom stereocenters. The number of hydrogen-bond acceptors (Lipinski definition) is 3. The second kappa shape index (κ2) is 3.47. The van der Waals surface area contributed by atoms with Crippen molar-refractivity contribution in [3.8, 4) is 0 Å². The van der Waals surface area contributed by atoms with Gasteiger partial charge < -0.3 is 5.84 Å². The average molecular weight is 185 g/mol. The monoisotopic (exact) mass is 185 g/mol. The molecular formula is C8H15N3O2. The maximum absolute atomic E-state index is 11.3. The third-order valence-electron chi connectivity index (χ3n) is 2.02. The Kier molecular flexibility index (Phi) is 3.06. The Morgan fingerprint density at radius 2 is 1.69 bits per heavy atom. The molecule has 0 amide bonds. The fourth-order valence-corrected chi connectivity index (χ4v) is 0.979. The molecule has 0 aromatic carbocycles. The summed E-state index contributed by atoms with van der Waals surface area (Å²) in [6.07, 6.45) is 0. The molecule has 0 fully saturated rings. The normalized spacial score (nSPS) is 9.46. The molecule has 1 aromatic rings. The van der Waals surface area contributed by atoms with E-state index in [2.05, 4.69) is 0 Å². The van der Waals surface area contributed by atoms with E-state index in [1.54, 1.807) is 13.8 Å². The lowest BCUT2D eigenvalue weighted by Gasteiger charge is -2.07. The van der Waals surface area contributed by atoms with E-state index >= 15 is 0 Å². The maximum Gasteiger partial charge on any atom is 0.349 e.